The van der Waals surface area contributed by atoms with Crippen molar-refractivity contribution in [1.29, 1.82) is 0 Å². The standard InChI is InChI=1S/C46H52N12O3S/c1-46(47)15-19-57(20-16-46)41-29-49-42(30-48-41)62-37-4-2-3-34(26-37)52-43(59)32-6-8-35(9-7-32)55-17-13-36(14-18-55)56-21-23-58(24-22-56)40-12-11-39(53-54-40)45(61)50-27-31-5-10-38-33(25-31)28-51-44(38)60/h2-12,25-26,29-30,36H,13-24,27-28,47H2,1H3,(H,50,61)(H,51,60)(H,52,59). The van der Waals surface area contributed by atoms with Crippen LogP contribution in [0.2, 0.25) is 0 Å². The summed E-state index contributed by atoms with van der Waals surface area (Å²) in [6.07, 6.45) is 7.64. The predicted molar refractivity (Wildman–Crippen MR) is 241 cm³/mol. The summed E-state index contributed by atoms with van der Waals surface area (Å²) in [6, 6.07) is 25.4. The van der Waals surface area contributed by atoms with Crippen molar-refractivity contribution < 1.29 is 14.4 Å². The van der Waals surface area contributed by atoms with Crippen LogP contribution in [0.3, 0.4) is 0 Å². The van der Waals surface area contributed by atoms with Crippen LogP contribution < -0.4 is 36.4 Å². The minimum atomic E-state index is -0.285. The van der Waals surface area contributed by atoms with Crippen molar-refractivity contribution in [3.8, 4) is 0 Å². The Labute approximate surface area is 365 Å². The van der Waals surface area contributed by atoms with Gasteiger partial charge in [-0.1, -0.05) is 30.0 Å². The van der Waals surface area contributed by atoms with Crippen molar-refractivity contribution in [3.63, 3.8) is 0 Å². The van der Waals surface area contributed by atoms with Crippen LogP contribution in [0.4, 0.5) is 23.0 Å². The maximum Gasteiger partial charge on any atom is 0.272 e. The molecular formula is C46H52N12O3S. The molecule has 15 nitrogen and oxygen atoms in total. The summed E-state index contributed by atoms with van der Waals surface area (Å²) in [5.41, 5.74) is 11.5. The molecule has 5 aromatic rings. The Morgan fingerprint density at radius 1 is 0.806 bits per heavy atom. The van der Waals surface area contributed by atoms with Gasteiger partial charge in [0.05, 0.1) is 12.4 Å². The van der Waals surface area contributed by atoms with Gasteiger partial charge >= 0.3 is 0 Å². The molecule has 2 aromatic heterocycles. The molecule has 16 heteroatoms. The number of fused-ring (bicyclic) bond motifs is 1. The van der Waals surface area contributed by atoms with E-state index in [0.29, 0.717) is 30.3 Å². The molecule has 3 amide bonds. The van der Waals surface area contributed by atoms with Crippen LogP contribution in [0.15, 0.2) is 101 Å². The number of carbonyl (C=O) groups excluding carboxylic acids is 3. The number of amides is 3. The second-order valence-corrected chi connectivity index (χ2v) is 18.0. The summed E-state index contributed by atoms with van der Waals surface area (Å²) < 4.78 is 0. The Morgan fingerprint density at radius 2 is 1.58 bits per heavy atom. The van der Waals surface area contributed by atoms with Crippen LogP contribution in [-0.4, -0.2) is 107 Å². The van der Waals surface area contributed by atoms with Gasteiger partial charge in [-0.2, -0.15) is 0 Å². The van der Waals surface area contributed by atoms with Crippen molar-refractivity contribution in [3.05, 3.63) is 119 Å². The number of nitrogens with one attached hydrogen (secondary N) is 3. The zero-order valence-corrected chi connectivity index (χ0v) is 35.7. The fourth-order valence-corrected chi connectivity index (χ4v) is 9.43. The third-order valence-electron chi connectivity index (χ3n) is 12.5. The number of anilines is 4. The summed E-state index contributed by atoms with van der Waals surface area (Å²) in [6.45, 7) is 10.2. The molecule has 0 spiro atoms. The highest BCUT2D eigenvalue weighted by Gasteiger charge is 2.29. The van der Waals surface area contributed by atoms with E-state index in [4.69, 9.17) is 5.73 Å². The first kappa shape index (κ1) is 41.3. The summed E-state index contributed by atoms with van der Waals surface area (Å²) in [7, 11) is 0. The van der Waals surface area contributed by atoms with Crippen molar-refractivity contribution in [2.24, 2.45) is 5.73 Å². The second-order valence-electron chi connectivity index (χ2n) is 16.9. The molecule has 62 heavy (non-hydrogen) atoms. The normalized spacial score (nSPS) is 18.0. The molecule has 5 N–H and O–H groups in total. The van der Waals surface area contributed by atoms with Crippen LogP contribution in [0.1, 0.15) is 74.9 Å². The summed E-state index contributed by atoms with van der Waals surface area (Å²) in [4.78, 5) is 57.6. The van der Waals surface area contributed by atoms with Crippen LogP contribution >= 0.6 is 11.8 Å². The van der Waals surface area contributed by atoms with E-state index < -0.39 is 0 Å². The fourth-order valence-electron chi connectivity index (χ4n) is 8.65. The number of aromatic nitrogens is 4. The number of nitrogens with zero attached hydrogens (tertiary/aromatic N) is 8. The number of piperidine rings is 2. The van der Waals surface area contributed by atoms with Crippen LogP contribution in [-0.2, 0) is 13.1 Å². The third kappa shape index (κ3) is 9.67. The van der Waals surface area contributed by atoms with Gasteiger partial charge in [-0.15, -0.1) is 10.2 Å². The largest absolute Gasteiger partial charge is 0.371 e. The number of hydrogen-bond donors (Lipinski definition) is 4. The maximum absolute atomic E-state index is 13.3. The average Bonchev–Trinajstić information content (AvgIpc) is 3.68. The lowest BCUT2D eigenvalue weighted by Crippen LogP contribution is -2.53. The Bertz CT molecular complexity index is 2390. The predicted octanol–water partition coefficient (Wildman–Crippen LogP) is 4.95. The highest BCUT2D eigenvalue weighted by atomic mass is 32.2. The van der Waals surface area contributed by atoms with Gasteiger partial charge in [-0.25, -0.2) is 9.97 Å². The molecule has 4 aliphatic heterocycles. The molecule has 0 unspecified atom stereocenters. The number of nitrogens with two attached hydrogens (primary N) is 1. The van der Waals surface area contributed by atoms with E-state index in [2.05, 4.69) is 62.6 Å². The fraction of sp³-hybridized carbons (Fsp3) is 0.370. The number of benzene rings is 3. The number of carbonyl (C=O) groups is 3. The third-order valence-corrected chi connectivity index (χ3v) is 13.4. The first-order valence-electron chi connectivity index (χ1n) is 21.4. The second kappa shape index (κ2) is 18.1. The first-order chi connectivity index (χ1) is 30.1. The summed E-state index contributed by atoms with van der Waals surface area (Å²) >= 11 is 1.51. The Morgan fingerprint density at radius 3 is 2.31 bits per heavy atom. The number of piperazine rings is 1. The molecule has 0 atom stereocenters. The molecule has 4 aliphatic rings. The smallest absolute Gasteiger partial charge is 0.272 e. The first-order valence-corrected chi connectivity index (χ1v) is 22.3. The number of hydrogen-bond acceptors (Lipinski definition) is 13. The monoisotopic (exact) mass is 852 g/mol. The zero-order valence-electron chi connectivity index (χ0n) is 34.9. The maximum atomic E-state index is 13.3. The zero-order chi connectivity index (χ0) is 42.6. The van der Waals surface area contributed by atoms with Crippen LogP contribution in [0, 0.1) is 0 Å². The molecule has 3 saturated heterocycles. The van der Waals surface area contributed by atoms with E-state index in [-0.39, 0.29) is 29.0 Å². The topological polar surface area (TPSA) is 178 Å². The van der Waals surface area contributed by atoms with E-state index in [0.717, 1.165) is 122 Å². The lowest BCUT2D eigenvalue weighted by Gasteiger charge is -2.43. The molecule has 9 rings (SSSR count). The van der Waals surface area contributed by atoms with Crippen molar-refractivity contribution in [2.75, 3.05) is 72.4 Å². The van der Waals surface area contributed by atoms with E-state index in [1.807, 2.05) is 72.9 Å². The molecule has 3 fully saturated rings. The Hall–Kier alpha value is -6.10. The summed E-state index contributed by atoms with van der Waals surface area (Å²) in [5.74, 6) is 1.15. The van der Waals surface area contributed by atoms with Gasteiger partial charge in [0.15, 0.2) is 11.5 Å². The molecule has 0 bridgehead atoms. The van der Waals surface area contributed by atoms with Gasteiger partial charge in [-0.3, -0.25) is 19.3 Å². The molecule has 6 heterocycles. The van der Waals surface area contributed by atoms with Crippen LogP contribution in [0.25, 0.3) is 0 Å². The van der Waals surface area contributed by atoms with Gasteiger partial charge in [-0.05, 0) is 104 Å². The summed E-state index contributed by atoms with van der Waals surface area (Å²) in [5, 5.41) is 18.2. The molecular weight excluding hydrogens is 801 g/mol. The lowest BCUT2D eigenvalue weighted by molar-refractivity contribution is 0.0941. The molecule has 0 radical (unpaired) electrons. The Balaban J connectivity index is 0.697. The molecule has 3 aromatic carbocycles. The van der Waals surface area contributed by atoms with Gasteiger partial charge in [0.2, 0.25) is 0 Å². The van der Waals surface area contributed by atoms with E-state index in [1.54, 1.807) is 18.3 Å². The Kier molecular flexibility index (Phi) is 12.0. The lowest BCUT2D eigenvalue weighted by atomic mass is 9.91. The number of rotatable bonds is 11. The van der Waals surface area contributed by atoms with Crippen LogP contribution in [0.5, 0.6) is 0 Å². The molecule has 0 saturated carbocycles. The quantitative estimate of drug-likeness (QED) is 0.141. The van der Waals surface area contributed by atoms with Crippen molar-refractivity contribution in [2.45, 2.75) is 67.2 Å². The van der Waals surface area contributed by atoms with E-state index in [9.17, 15) is 14.4 Å². The van der Waals surface area contributed by atoms with Gasteiger partial charge in [0.25, 0.3) is 17.7 Å². The van der Waals surface area contributed by atoms with Gasteiger partial charge < -0.3 is 36.4 Å². The van der Waals surface area contributed by atoms with E-state index >= 15 is 0 Å². The van der Waals surface area contributed by atoms with Crippen molar-refractivity contribution in [1.82, 2.24) is 35.7 Å². The van der Waals surface area contributed by atoms with Crippen molar-refractivity contribution >= 4 is 52.5 Å². The molecule has 320 valence electrons. The SMILES string of the molecule is CC1(N)CCN(c2cnc(Sc3cccc(NC(=O)c4ccc(N5CCC(N6CCN(c7ccc(C(=O)NCc8ccc9c(c8)CNC9=O)nn7)CC6)CC5)cc4)c3)cn2)CC1. The van der Waals surface area contributed by atoms with Gasteiger partial charge in [0.1, 0.15) is 10.8 Å². The van der Waals surface area contributed by atoms with Gasteiger partial charge in [0, 0.05) is 104 Å². The molecule has 0 aliphatic carbocycles. The highest BCUT2D eigenvalue weighted by molar-refractivity contribution is 7.99. The minimum absolute atomic E-state index is 0.0596. The van der Waals surface area contributed by atoms with E-state index in [1.165, 1.54) is 11.8 Å². The highest BCUT2D eigenvalue weighted by Crippen LogP contribution is 2.30. The average molecular weight is 853 g/mol. The minimum Gasteiger partial charge on any atom is -0.371 e.